The van der Waals surface area contributed by atoms with E-state index < -0.39 is 0 Å². The number of carbonyl (C=O) groups is 1. The lowest BCUT2D eigenvalue weighted by atomic mass is 10.1. The highest BCUT2D eigenvalue weighted by molar-refractivity contribution is 5.92. The van der Waals surface area contributed by atoms with Crippen LogP contribution in [0.25, 0.3) is 0 Å². The molecule has 1 aromatic rings. The molecule has 94 valence electrons. The minimum atomic E-state index is -0.142. The largest absolute Gasteiger partial charge is 0.349 e. The molecule has 0 saturated carbocycles. The van der Waals surface area contributed by atoms with Crippen molar-refractivity contribution in [1.29, 1.82) is 0 Å². The first kappa shape index (κ1) is 13.6. The van der Waals surface area contributed by atoms with E-state index in [4.69, 9.17) is 0 Å². The molecule has 0 saturated heterocycles. The molecular weight excluding hydrogens is 216 g/mol. The van der Waals surface area contributed by atoms with Crippen molar-refractivity contribution in [2.75, 3.05) is 27.2 Å². The molecule has 17 heavy (non-hydrogen) atoms. The van der Waals surface area contributed by atoms with E-state index in [-0.39, 0.29) is 5.91 Å². The van der Waals surface area contributed by atoms with E-state index in [9.17, 15) is 4.79 Å². The fraction of sp³-hybridized carbons (Fsp3) is 0.583. The first-order valence-corrected chi connectivity index (χ1v) is 5.75. The lowest BCUT2D eigenvalue weighted by Gasteiger charge is -2.10. The van der Waals surface area contributed by atoms with Crippen LogP contribution < -0.4 is 5.32 Å². The molecule has 5 heteroatoms. The molecule has 1 N–H and O–H groups in total. The van der Waals surface area contributed by atoms with Gasteiger partial charge in [0.05, 0.1) is 0 Å². The second-order valence-corrected chi connectivity index (χ2v) is 4.54. The molecule has 0 bridgehead atoms. The summed E-state index contributed by atoms with van der Waals surface area (Å²) < 4.78 is 0. The van der Waals surface area contributed by atoms with Crippen molar-refractivity contribution in [3.05, 3.63) is 23.8 Å². The summed E-state index contributed by atoms with van der Waals surface area (Å²) in [6.07, 6.45) is 1.44. The maximum absolute atomic E-state index is 11.8. The van der Waals surface area contributed by atoms with Gasteiger partial charge < -0.3 is 10.2 Å². The molecule has 1 heterocycles. The monoisotopic (exact) mass is 236 g/mol. The number of hydrogen-bond acceptors (Lipinski definition) is 4. The topological polar surface area (TPSA) is 58.1 Å². The number of aromatic nitrogens is 2. The van der Waals surface area contributed by atoms with Gasteiger partial charge in [0.2, 0.25) is 0 Å². The van der Waals surface area contributed by atoms with Crippen molar-refractivity contribution in [2.45, 2.75) is 19.8 Å². The molecule has 0 spiro atoms. The molecule has 0 aromatic carbocycles. The van der Waals surface area contributed by atoms with Gasteiger partial charge in [0.25, 0.3) is 5.91 Å². The predicted molar refractivity (Wildman–Crippen MR) is 67.0 cm³/mol. The van der Waals surface area contributed by atoms with Crippen LogP contribution in [-0.2, 0) is 0 Å². The Morgan fingerprint density at radius 2 is 2.12 bits per heavy atom. The highest BCUT2D eigenvalue weighted by atomic mass is 16.1. The molecule has 0 aliphatic rings. The van der Waals surface area contributed by atoms with Crippen LogP contribution in [0.15, 0.2) is 12.4 Å². The molecule has 1 rings (SSSR count). The zero-order chi connectivity index (χ0) is 12.8. The Hall–Kier alpha value is -1.49. The van der Waals surface area contributed by atoms with E-state index in [1.165, 1.54) is 6.33 Å². The van der Waals surface area contributed by atoms with Gasteiger partial charge in [-0.2, -0.15) is 0 Å². The smallest absolute Gasteiger partial charge is 0.270 e. The molecule has 1 aromatic heterocycles. The quantitative estimate of drug-likeness (QED) is 0.825. The lowest BCUT2D eigenvalue weighted by Crippen LogP contribution is -2.31. The number of hydrogen-bond donors (Lipinski definition) is 1. The van der Waals surface area contributed by atoms with E-state index in [0.717, 1.165) is 12.2 Å². The van der Waals surface area contributed by atoms with Crippen LogP contribution in [0.5, 0.6) is 0 Å². The summed E-state index contributed by atoms with van der Waals surface area (Å²) in [5, 5.41) is 2.83. The SMILES string of the molecule is CC(C)c1cc(C(=O)NCCN(C)C)ncn1. The number of nitrogens with one attached hydrogen (secondary N) is 1. The molecular formula is C12H20N4O. The van der Waals surface area contributed by atoms with Gasteiger partial charge in [-0.05, 0) is 26.1 Å². The van der Waals surface area contributed by atoms with Crippen LogP contribution in [-0.4, -0.2) is 48.0 Å². The average Bonchev–Trinajstić information content (AvgIpc) is 2.28. The second-order valence-electron chi connectivity index (χ2n) is 4.54. The van der Waals surface area contributed by atoms with E-state index in [2.05, 4.69) is 15.3 Å². The normalized spacial score (nSPS) is 10.9. The summed E-state index contributed by atoms with van der Waals surface area (Å²) in [6, 6.07) is 1.75. The second kappa shape index (κ2) is 6.30. The number of rotatable bonds is 5. The van der Waals surface area contributed by atoms with Crippen molar-refractivity contribution in [3.63, 3.8) is 0 Å². The fourth-order valence-electron chi connectivity index (χ4n) is 1.30. The van der Waals surface area contributed by atoms with Crippen LogP contribution in [0.1, 0.15) is 35.9 Å². The van der Waals surface area contributed by atoms with Gasteiger partial charge in [0.1, 0.15) is 12.0 Å². The van der Waals surface area contributed by atoms with E-state index >= 15 is 0 Å². The summed E-state index contributed by atoms with van der Waals surface area (Å²) in [5.41, 5.74) is 1.32. The van der Waals surface area contributed by atoms with Crippen molar-refractivity contribution in [3.8, 4) is 0 Å². The average molecular weight is 236 g/mol. The van der Waals surface area contributed by atoms with Crippen molar-refractivity contribution < 1.29 is 4.79 Å². The number of likely N-dealkylation sites (N-methyl/N-ethyl adjacent to an activating group) is 1. The van der Waals surface area contributed by atoms with Crippen LogP contribution in [0.2, 0.25) is 0 Å². The van der Waals surface area contributed by atoms with Gasteiger partial charge >= 0.3 is 0 Å². The van der Waals surface area contributed by atoms with Gasteiger partial charge in [-0.25, -0.2) is 9.97 Å². The van der Waals surface area contributed by atoms with Gasteiger partial charge in [-0.3, -0.25) is 4.79 Å². The third kappa shape index (κ3) is 4.48. The third-order valence-corrected chi connectivity index (χ3v) is 2.36. The molecule has 0 fully saturated rings. The summed E-state index contributed by atoms with van der Waals surface area (Å²) >= 11 is 0. The molecule has 0 unspecified atom stereocenters. The summed E-state index contributed by atoms with van der Waals surface area (Å²) in [7, 11) is 3.93. The van der Waals surface area contributed by atoms with Crippen LogP contribution in [0.3, 0.4) is 0 Å². The molecule has 1 amide bonds. The Kier molecular flexibility index (Phi) is 5.03. The third-order valence-electron chi connectivity index (χ3n) is 2.36. The van der Waals surface area contributed by atoms with Gasteiger partial charge in [0.15, 0.2) is 0 Å². The van der Waals surface area contributed by atoms with Gasteiger partial charge in [-0.15, -0.1) is 0 Å². The van der Waals surface area contributed by atoms with Crippen molar-refractivity contribution in [2.24, 2.45) is 0 Å². The van der Waals surface area contributed by atoms with Gasteiger partial charge in [-0.1, -0.05) is 13.8 Å². The number of nitrogens with zero attached hydrogens (tertiary/aromatic N) is 3. The Morgan fingerprint density at radius 1 is 1.41 bits per heavy atom. The predicted octanol–water partition coefficient (Wildman–Crippen LogP) is 0.891. The lowest BCUT2D eigenvalue weighted by molar-refractivity contribution is 0.0945. The fourth-order valence-corrected chi connectivity index (χ4v) is 1.30. The molecule has 0 aliphatic carbocycles. The van der Waals surface area contributed by atoms with E-state index in [1.54, 1.807) is 6.07 Å². The van der Waals surface area contributed by atoms with Gasteiger partial charge in [0, 0.05) is 18.8 Å². The van der Waals surface area contributed by atoms with Crippen LogP contribution >= 0.6 is 0 Å². The van der Waals surface area contributed by atoms with E-state index in [1.807, 2.05) is 32.8 Å². The molecule has 0 atom stereocenters. The minimum Gasteiger partial charge on any atom is -0.349 e. The van der Waals surface area contributed by atoms with Crippen LogP contribution in [0, 0.1) is 0 Å². The van der Waals surface area contributed by atoms with Crippen molar-refractivity contribution >= 4 is 5.91 Å². The highest BCUT2D eigenvalue weighted by Crippen LogP contribution is 2.10. The number of amides is 1. The Bertz CT molecular complexity index is 377. The highest BCUT2D eigenvalue weighted by Gasteiger charge is 2.09. The molecule has 0 radical (unpaired) electrons. The Labute approximate surface area is 102 Å². The van der Waals surface area contributed by atoms with E-state index in [0.29, 0.717) is 18.2 Å². The first-order valence-electron chi connectivity index (χ1n) is 5.75. The molecule has 5 nitrogen and oxygen atoms in total. The maximum atomic E-state index is 11.8. The zero-order valence-electron chi connectivity index (χ0n) is 10.9. The maximum Gasteiger partial charge on any atom is 0.270 e. The molecule has 0 aliphatic heterocycles. The summed E-state index contributed by atoms with van der Waals surface area (Å²) in [5.74, 6) is 0.155. The summed E-state index contributed by atoms with van der Waals surface area (Å²) in [4.78, 5) is 21.9. The Balaban J connectivity index is 2.59. The standard InChI is InChI=1S/C12H20N4O/c1-9(2)10-7-11(15-8-14-10)12(17)13-5-6-16(3)4/h7-9H,5-6H2,1-4H3,(H,13,17). The van der Waals surface area contributed by atoms with Crippen LogP contribution in [0.4, 0.5) is 0 Å². The number of carbonyl (C=O) groups excluding carboxylic acids is 1. The zero-order valence-corrected chi connectivity index (χ0v) is 10.9. The first-order chi connectivity index (χ1) is 8.00. The summed E-state index contributed by atoms with van der Waals surface area (Å²) in [6.45, 7) is 5.51. The van der Waals surface area contributed by atoms with Crippen molar-refractivity contribution in [1.82, 2.24) is 20.2 Å². The Morgan fingerprint density at radius 3 is 2.71 bits per heavy atom. The minimum absolute atomic E-state index is 0.142.